The van der Waals surface area contributed by atoms with Crippen molar-refractivity contribution >= 4 is 0 Å². The third-order valence-corrected chi connectivity index (χ3v) is 7.90. The van der Waals surface area contributed by atoms with E-state index in [1.165, 1.54) is 51.4 Å². The molecule has 0 aliphatic heterocycles. The molecule has 2 saturated carbocycles. The van der Waals surface area contributed by atoms with Crippen LogP contribution < -0.4 is 9.47 Å². The first-order valence-corrected chi connectivity index (χ1v) is 13.2. The minimum atomic E-state index is -3.61. The zero-order valence-corrected chi connectivity index (χ0v) is 20.5. The zero-order valence-electron chi connectivity index (χ0n) is 20.5. The molecule has 2 aliphatic rings. The smallest absolute Gasteiger partial charge is 0.397 e. The van der Waals surface area contributed by atoms with Gasteiger partial charge in [-0.25, -0.2) is 8.78 Å². The summed E-state index contributed by atoms with van der Waals surface area (Å²) in [6.45, 7) is -1.18. The van der Waals surface area contributed by atoms with Gasteiger partial charge in [-0.1, -0.05) is 84.0 Å². The molecule has 35 heavy (non-hydrogen) atoms. The van der Waals surface area contributed by atoms with Crippen molar-refractivity contribution in [3.63, 3.8) is 0 Å². The highest BCUT2D eigenvalue weighted by molar-refractivity contribution is 5.35. The van der Waals surface area contributed by atoms with E-state index in [4.69, 9.17) is 0 Å². The number of alkyl halides is 4. The average Bonchev–Trinajstić information content (AvgIpc) is 2.80. The van der Waals surface area contributed by atoms with E-state index in [9.17, 15) is 26.3 Å². The Morgan fingerprint density at radius 3 is 1.63 bits per heavy atom. The van der Waals surface area contributed by atoms with Crippen LogP contribution >= 0.6 is 0 Å². The molecule has 200 valence electrons. The Morgan fingerprint density at radius 2 is 1.20 bits per heavy atom. The quantitative estimate of drug-likeness (QED) is 0.262. The Hall–Kier alpha value is -1.60. The SMILES string of the molecule is CCCC1CCC(CCC2CCC(CCC(F)(F)Oc3cc(F)c(OC(F)F)c(F)c3)CC2)CC1. The van der Waals surface area contributed by atoms with Crippen LogP contribution in [0.25, 0.3) is 0 Å². The fraction of sp³-hybridized carbons (Fsp3) is 0.778. The van der Waals surface area contributed by atoms with Gasteiger partial charge in [-0.2, -0.15) is 17.6 Å². The van der Waals surface area contributed by atoms with Gasteiger partial charge in [-0.15, -0.1) is 0 Å². The highest BCUT2D eigenvalue weighted by Crippen LogP contribution is 2.40. The van der Waals surface area contributed by atoms with Gasteiger partial charge in [0.05, 0.1) is 6.42 Å². The van der Waals surface area contributed by atoms with Crippen molar-refractivity contribution in [3.8, 4) is 11.5 Å². The second-order valence-corrected chi connectivity index (χ2v) is 10.5. The lowest BCUT2D eigenvalue weighted by atomic mass is 9.74. The van der Waals surface area contributed by atoms with Crippen molar-refractivity contribution in [1.29, 1.82) is 0 Å². The summed E-state index contributed by atoms with van der Waals surface area (Å²) < 4.78 is 88.8. The molecule has 8 heteroatoms. The summed E-state index contributed by atoms with van der Waals surface area (Å²) in [5.74, 6) is -2.51. The minimum absolute atomic E-state index is 0.181. The fourth-order valence-corrected chi connectivity index (χ4v) is 5.89. The molecule has 0 bridgehead atoms. The maximum absolute atomic E-state index is 14.3. The molecule has 0 saturated heterocycles. The third-order valence-electron chi connectivity index (χ3n) is 7.90. The predicted molar refractivity (Wildman–Crippen MR) is 123 cm³/mol. The van der Waals surface area contributed by atoms with Gasteiger partial charge in [-0.3, -0.25) is 0 Å². The summed E-state index contributed by atoms with van der Waals surface area (Å²) in [5.41, 5.74) is 0. The molecule has 0 spiro atoms. The van der Waals surface area contributed by atoms with E-state index in [-0.39, 0.29) is 12.3 Å². The monoisotopic (exact) mass is 508 g/mol. The second-order valence-electron chi connectivity index (χ2n) is 10.5. The Morgan fingerprint density at radius 1 is 0.771 bits per heavy atom. The summed E-state index contributed by atoms with van der Waals surface area (Å²) >= 11 is 0. The van der Waals surface area contributed by atoms with Crippen LogP contribution in [-0.4, -0.2) is 12.7 Å². The van der Waals surface area contributed by atoms with Crippen molar-refractivity contribution in [2.24, 2.45) is 23.7 Å². The highest BCUT2D eigenvalue weighted by atomic mass is 19.3. The summed E-state index contributed by atoms with van der Waals surface area (Å²) in [4.78, 5) is 0. The fourth-order valence-electron chi connectivity index (χ4n) is 5.89. The van der Waals surface area contributed by atoms with Crippen LogP contribution in [0.15, 0.2) is 12.1 Å². The van der Waals surface area contributed by atoms with Gasteiger partial charge in [0.1, 0.15) is 5.75 Å². The van der Waals surface area contributed by atoms with Gasteiger partial charge in [0.25, 0.3) is 0 Å². The first-order chi connectivity index (χ1) is 16.6. The highest BCUT2D eigenvalue weighted by Gasteiger charge is 2.34. The molecule has 0 aromatic heterocycles. The predicted octanol–water partition coefficient (Wildman–Crippen LogP) is 9.51. The molecule has 0 heterocycles. The van der Waals surface area contributed by atoms with Crippen molar-refractivity contribution in [2.45, 2.75) is 110 Å². The molecule has 0 N–H and O–H groups in total. The van der Waals surface area contributed by atoms with E-state index in [0.29, 0.717) is 18.1 Å². The van der Waals surface area contributed by atoms with Gasteiger partial charge >= 0.3 is 12.7 Å². The van der Waals surface area contributed by atoms with Crippen LogP contribution in [0.1, 0.15) is 96.8 Å². The van der Waals surface area contributed by atoms with Gasteiger partial charge < -0.3 is 9.47 Å². The number of hydrogen-bond donors (Lipinski definition) is 0. The zero-order chi connectivity index (χ0) is 25.4. The van der Waals surface area contributed by atoms with Crippen LogP contribution in [0.5, 0.6) is 11.5 Å². The van der Waals surface area contributed by atoms with Gasteiger partial charge in [0.2, 0.25) is 0 Å². The molecule has 2 nitrogen and oxygen atoms in total. The molecule has 1 aromatic rings. The molecule has 0 amide bonds. The third kappa shape index (κ3) is 9.09. The molecule has 0 radical (unpaired) electrons. The number of rotatable bonds is 12. The number of ether oxygens (including phenoxy) is 2. The second kappa shape index (κ2) is 13.1. The summed E-state index contributed by atoms with van der Waals surface area (Å²) in [6, 6.07) is 0.854. The Labute approximate surface area is 204 Å². The van der Waals surface area contributed by atoms with Crippen LogP contribution in [-0.2, 0) is 0 Å². The molecule has 2 fully saturated rings. The van der Waals surface area contributed by atoms with Crippen molar-refractivity contribution in [2.75, 3.05) is 0 Å². The van der Waals surface area contributed by atoms with Crippen LogP contribution in [0.4, 0.5) is 26.3 Å². The lowest BCUT2D eigenvalue weighted by Crippen LogP contribution is -2.26. The maximum atomic E-state index is 14.3. The van der Waals surface area contributed by atoms with E-state index in [1.807, 2.05) is 0 Å². The maximum Gasteiger partial charge on any atom is 0.397 e. The van der Waals surface area contributed by atoms with Crippen LogP contribution in [0.3, 0.4) is 0 Å². The first kappa shape index (κ1) is 28.0. The summed E-state index contributed by atoms with van der Waals surface area (Å²) in [5, 5.41) is 0. The molecule has 1 aromatic carbocycles. The topological polar surface area (TPSA) is 18.5 Å². The van der Waals surface area contributed by atoms with E-state index in [1.54, 1.807) is 0 Å². The number of benzene rings is 1. The molecule has 2 aliphatic carbocycles. The van der Waals surface area contributed by atoms with Crippen LogP contribution in [0, 0.1) is 35.3 Å². The van der Waals surface area contributed by atoms with E-state index in [0.717, 1.165) is 37.5 Å². The van der Waals surface area contributed by atoms with E-state index in [2.05, 4.69) is 16.4 Å². The van der Waals surface area contributed by atoms with Gasteiger partial charge in [0.15, 0.2) is 17.4 Å². The Bertz CT molecular complexity index is 748. The molecule has 3 rings (SSSR count). The normalized spacial score (nSPS) is 25.6. The lowest BCUT2D eigenvalue weighted by molar-refractivity contribution is -0.183. The number of halogens is 6. The van der Waals surface area contributed by atoms with Crippen molar-refractivity contribution < 1.29 is 35.8 Å². The van der Waals surface area contributed by atoms with Crippen LogP contribution in [0.2, 0.25) is 0 Å². The average molecular weight is 509 g/mol. The molecule has 0 atom stereocenters. The molecular weight excluding hydrogens is 470 g/mol. The standard InChI is InChI=1S/C27H38F6O2/c1-2-3-18-4-6-19(7-5-18)8-9-20-10-12-21(13-11-20)14-15-27(32,33)35-22-16-23(28)25(24(29)17-22)34-26(30)31/h16-21,26H,2-15H2,1H3. The van der Waals surface area contributed by atoms with E-state index >= 15 is 0 Å². The van der Waals surface area contributed by atoms with Gasteiger partial charge in [0, 0.05) is 12.1 Å². The van der Waals surface area contributed by atoms with E-state index < -0.39 is 42.3 Å². The lowest BCUT2D eigenvalue weighted by Gasteiger charge is -2.32. The first-order valence-electron chi connectivity index (χ1n) is 13.2. The minimum Gasteiger partial charge on any atom is -0.432 e. The van der Waals surface area contributed by atoms with Crippen molar-refractivity contribution in [3.05, 3.63) is 23.8 Å². The summed E-state index contributed by atoms with van der Waals surface area (Å²) in [6.07, 6.45) is 10.6. The summed E-state index contributed by atoms with van der Waals surface area (Å²) in [7, 11) is 0. The largest absolute Gasteiger partial charge is 0.432 e. The van der Waals surface area contributed by atoms with Crippen molar-refractivity contribution in [1.82, 2.24) is 0 Å². The van der Waals surface area contributed by atoms with Gasteiger partial charge in [-0.05, 0) is 30.1 Å². The number of hydrogen-bond acceptors (Lipinski definition) is 2. The Balaban J connectivity index is 1.36. The Kier molecular flexibility index (Phi) is 10.5. The molecular formula is C27H38F6O2. The molecule has 0 unspecified atom stereocenters.